The van der Waals surface area contributed by atoms with Crippen molar-refractivity contribution in [2.45, 2.75) is 4.90 Å². The molecule has 1 aliphatic heterocycles. The third-order valence-electron chi connectivity index (χ3n) is 3.56. The van der Waals surface area contributed by atoms with Crippen LogP contribution in [-0.4, -0.2) is 27.1 Å². The van der Waals surface area contributed by atoms with Crippen molar-refractivity contribution < 1.29 is 19.0 Å². The van der Waals surface area contributed by atoms with Crippen LogP contribution in [-0.2, 0) is 0 Å². The zero-order valence-corrected chi connectivity index (χ0v) is 13.9. The molecule has 2 aromatic carbocycles. The van der Waals surface area contributed by atoms with E-state index in [1.807, 2.05) is 42.5 Å². The van der Waals surface area contributed by atoms with Gasteiger partial charge >= 0.3 is 0 Å². The highest BCUT2D eigenvalue weighted by Gasteiger charge is 2.25. The summed E-state index contributed by atoms with van der Waals surface area (Å²) in [4.78, 5) is 14.1. The van der Waals surface area contributed by atoms with Crippen molar-refractivity contribution in [1.29, 1.82) is 0 Å². The summed E-state index contributed by atoms with van der Waals surface area (Å²) in [6.45, 7) is 0. The first-order chi connectivity index (χ1) is 11.2. The molecule has 0 aliphatic carbocycles. The number of allylic oxidation sites excluding steroid dienone is 1. The Morgan fingerprint density at radius 2 is 1.61 bits per heavy atom. The number of methoxy groups -OCH3 is 3. The standard InChI is InChI=1S/C18H16O4S/c1-20-13-8-11(9-14(21-2)18(13)22-3)10-16-17(19)12-6-4-5-7-15(12)23-16/h4-10H,1-3H3/b16-10-. The summed E-state index contributed by atoms with van der Waals surface area (Å²) in [7, 11) is 4.70. The average molecular weight is 328 g/mol. The van der Waals surface area contributed by atoms with E-state index >= 15 is 0 Å². The minimum absolute atomic E-state index is 0.0411. The summed E-state index contributed by atoms with van der Waals surface area (Å²) in [5.74, 6) is 1.70. The Morgan fingerprint density at radius 1 is 0.957 bits per heavy atom. The van der Waals surface area contributed by atoms with E-state index in [-0.39, 0.29) is 5.78 Å². The Kier molecular flexibility index (Phi) is 4.30. The van der Waals surface area contributed by atoms with Crippen LogP contribution in [0.3, 0.4) is 0 Å². The van der Waals surface area contributed by atoms with Gasteiger partial charge in [-0.2, -0.15) is 0 Å². The SMILES string of the molecule is COc1cc(/C=C2\Sc3ccccc3C2=O)cc(OC)c1OC. The quantitative estimate of drug-likeness (QED) is 0.793. The highest BCUT2D eigenvalue weighted by Crippen LogP contribution is 2.43. The van der Waals surface area contributed by atoms with Crippen molar-refractivity contribution in [3.8, 4) is 17.2 Å². The molecule has 0 fully saturated rings. The van der Waals surface area contributed by atoms with Gasteiger partial charge in [-0.3, -0.25) is 4.79 Å². The predicted octanol–water partition coefficient (Wildman–Crippen LogP) is 4.04. The number of carbonyl (C=O) groups excluding carboxylic acids is 1. The lowest BCUT2D eigenvalue weighted by atomic mass is 10.1. The molecule has 2 aromatic rings. The van der Waals surface area contributed by atoms with Crippen LogP contribution in [0.5, 0.6) is 17.2 Å². The number of rotatable bonds is 4. The van der Waals surface area contributed by atoms with Gasteiger partial charge in [-0.15, -0.1) is 0 Å². The Morgan fingerprint density at radius 3 is 2.17 bits per heavy atom. The molecule has 0 saturated carbocycles. The normalized spacial score (nSPS) is 14.7. The minimum atomic E-state index is 0.0411. The maximum Gasteiger partial charge on any atom is 0.203 e. The van der Waals surface area contributed by atoms with Crippen LogP contribution in [0.1, 0.15) is 15.9 Å². The lowest BCUT2D eigenvalue weighted by molar-refractivity contribution is 0.104. The van der Waals surface area contributed by atoms with Gasteiger partial charge < -0.3 is 14.2 Å². The van der Waals surface area contributed by atoms with E-state index in [9.17, 15) is 4.79 Å². The molecule has 3 rings (SSSR count). The summed E-state index contributed by atoms with van der Waals surface area (Å²) in [6, 6.07) is 11.3. The zero-order chi connectivity index (χ0) is 16.4. The van der Waals surface area contributed by atoms with Crippen molar-refractivity contribution in [1.82, 2.24) is 0 Å². The fraction of sp³-hybridized carbons (Fsp3) is 0.167. The van der Waals surface area contributed by atoms with Gasteiger partial charge in [0.15, 0.2) is 11.5 Å². The second-order valence-electron chi connectivity index (χ2n) is 4.89. The van der Waals surface area contributed by atoms with Gasteiger partial charge in [0.05, 0.1) is 26.2 Å². The van der Waals surface area contributed by atoms with Gasteiger partial charge in [0.25, 0.3) is 0 Å². The fourth-order valence-corrected chi connectivity index (χ4v) is 3.52. The van der Waals surface area contributed by atoms with Crippen molar-refractivity contribution in [3.05, 3.63) is 52.4 Å². The van der Waals surface area contributed by atoms with Gasteiger partial charge in [-0.05, 0) is 35.9 Å². The second kappa shape index (κ2) is 6.38. The van der Waals surface area contributed by atoms with Gasteiger partial charge in [0.2, 0.25) is 11.5 Å². The topological polar surface area (TPSA) is 44.8 Å². The molecule has 4 nitrogen and oxygen atoms in total. The molecule has 0 saturated heterocycles. The number of ether oxygens (including phenoxy) is 3. The maximum absolute atomic E-state index is 12.5. The summed E-state index contributed by atoms with van der Waals surface area (Å²) < 4.78 is 16.0. The molecule has 118 valence electrons. The largest absolute Gasteiger partial charge is 0.493 e. The molecule has 23 heavy (non-hydrogen) atoms. The van der Waals surface area contributed by atoms with Gasteiger partial charge in [0, 0.05) is 10.5 Å². The summed E-state index contributed by atoms with van der Waals surface area (Å²) in [5.41, 5.74) is 1.57. The zero-order valence-electron chi connectivity index (χ0n) is 13.1. The Hall–Kier alpha value is -2.40. The Labute approximate surface area is 139 Å². The molecule has 0 bridgehead atoms. The van der Waals surface area contributed by atoms with Crippen LogP contribution >= 0.6 is 11.8 Å². The summed E-state index contributed by atoms with van der Waals surface area (Å²) in [6.07, 6.45) is 1.84. The lowest BCUT2D eigenvalue weighted by Gasteiger charge is -2.13. The number of thioether (sulfide) groups is 1. The van der Waals surface area contributed by atoms with Gasteiger partial charge in [0.1, 0.15) is 0 Å². The predicted molar refractivity (Wildman–Crippen MR) is 90.7 cm³/mol. The molecule has 0 spiro atoms. The van der Waals surface area contributed by atoms with Gasteiger partial charge in [-0.1, -0.05) is 23.9 Å². The molecule has 0 atom stereocenters. The number of ketones is 1. The van der Waals surface area contributed by atoms with Crippen LogP contribution in [0.2, 0.25) is 0 Å². The number of hydrogen-bond acceptors (Lipinski definition) is 5. The highest BCUT2D eigenvalue weighted by atomic mass is 32.2. The number of benzene rings is 2. The van der Waals surface area contributed by atoms with E-state index in [1.54, 1.807) is 21.3 Å². The van der Waals surface area contributed by atoms with E-state index in [2.05, 4.69) is 0 Å². The number of Topliss-reactive ketones (excluding diaryl/α,β-unsaturated/α-hetero) is 1. The van der Waals surface area contributed by atoms with E-state index in [0.29, 0.717) is 22.2 Å². The molecular formula is C18H16O4S. The maximum atomic E-state index is 12.5. The number of fused-ring (bicyclic) bond motifs is 1. The molecule has 0 aromatic heterocycles. The smallest absolute Gasteiger partial charge is 0.203 e. The monoisotopic (exact) mass is 328 g/mol. The van der Waals surface area contributed by atoms with Gasteiger partial charge in [-0.25, -0.2) is 0 Å². The van der Waals surface area contributed by atoms with E-state index in [1.165, 1.54) is 11.8 Å². The average Bonchev–Trinajstić information content (AvgIpc) is 2.90. The van der Waals surface area contributed by atoms with Crippen molar-refractivity contribution in [2.75, 3.05) is 21.3 Å². The van der Waals surface area contributed by atoms with Crippen molar-refractivity contribution >= 4 is 23.6 Å². The third-order valence-corrected chi connectivity index (χ3v) is 4.66. The Balaban J connectivity index is 2.02. The summed E-state index contributed by atoms with van der Waals surface area (Å²) >= 11 is 1.47. The number of hydrogen-bond donors (Lipinski definition) is 0. The molecule has 0 amide bonds. The first-order valence-corrected chi connectivity index (χ1v) is 7.83. The highest BCUT2D eigenvalue weighted by molar-refractivity contribution is 8.04. The molecule has 1 heterocycles. The van der Waals surface area contributed by atoms with Crippen LogP contribution in [0.4, 0.5) is 0 Å². The van der Waals surface area contributed by atoms with Crippen LogP contribution in [0.25, 0.3) is 6.08 Å². The summed E-state index contributed by atoms with van der Waals surface area (Å²) in [5, 5.41) is 0. The molecule has 5 heteroatoms. The lowest BCUT2D eigenvalue weighted by Crippen LogP contribution is -1.97. The van der Waals surface area contributed by atoms with Crippen molar-refractivity contribution in [2.24, 2.45) is 0 Å². The molecule has 1 aliphatic rings. The van der Waals surface area contributed by atoms with Crippen LogP contribution in [0.15, 0.2) is 46.2 Å². The first kappa shape index (κ1) is 15.5. The van der Waals surface area contributed by atoms with E-state index < -0.39 is 0 Å². The number of carbonyl (C=O) groups is 1. The molecule has 0 unspecified atom stereocenters. The Bertz CT molecular complexity index is 770. The minimum Gasteiger partial charge on any atom is -0.493 e. The second-order valence-corrected chi connectivity index (χ2v) is 5.98. The third kappa shape index (κ3) is 2.80. The fourth-order valence-electron chi connectivity index (χ4n) is 2.47. The molecule has 0 radical (unpaired) electrons. The first-order valence-electron chi connectivity index (χ1n) is 7.01. The van der Waals surface area contributed by atoms with Crippen LogP contribution < -0.4 is 14.2 Å². The van der Waals surface area contributed by atoms with E-state index in [0.717, 1.165) is 16.0 Å². The molecular weight excluding hydrogens is 312 g/mol. The van der Waals surface area contributed by atoms with Crippen molar-refractivity contribution in [3.63, 3.8) is 0 Å². The van der Waals surface area contributed by atoms with Crippen LogP contribution in [0, 0.1) is 0 Å². The van der Waals surface area contributed by atoms with E-state index in [4.69, 9.17) is 14.2 Å². The molecule has 0 N–H and O–H groups in total.